The lowest BCUT2D eigenvalue weighted by Crippen LogP contribution is -2.21. The lowest BCUT2D eigenvalue weighted by atomic mass is 10.2. The van der Waals surface area contributed by atoms with E-state index in [2.05, 4.69) is 25.4 Å². The van der Waals surface area contributed by atoms with Crippen molar-refractivity contribution in [2.24, 2.45) is 0 Å². The lowest BCUT2D eigenvalue weighted by Gasteiger charge is -2.07. The van der Waals surface area contributed by atoms with Crippen molar-refractivity contribution >= 4 is 11.2 Å². The fourth-order valence-corrected chi connectivity index (χ4v) is 3.42. The average molecular weight is 445 g/mol. The maximum absolute atomic E-state index is 12.9. The van der Waals surface area contributed by atoms with E-state index in [1.807, 2.05) is 30.3 Å². The fourth-order valence-electron chi connectivity index (χ4n) is 3.42. The Hall–Kier alpha value is -4.54. The molecular weight excluding hydrogens is 426 g/mol. The maximum atomic E-state index is 12.9. The lowest BCUT2D eigenvalue weighted by molar-refractivity contribution is 0.355. The first kappa shape index (κ1) is 20.4. The summed E-state index contributed by atoms with van der Waals surface area (Å²) in [4.78, 5) is 21.7. The van der Waals surface area contributed by atoms with Crippen LogP contribution in [-0.2, 0) is 13.1 Å². The molecule has 2 aromatic carbocycles. The molecule has 3 aromatic heterocycles. The molecule has 0 radical (unpaired) electrons. The van der Waals surface area contributed by atoms with Crippen molar-refractivity contribution in [3.05, 3.63) is 76.7 Å². The maximum Gasteiger partial charge on any atom is 0.283 e. The van der Waals surface area contributed by atoms with Crippen LogP contribution in [0.3, 0.4) is 0 Å². The molecule has 3 heterocycles. The van der Waals surface area contributed by atoms with E-state index in [1.165, 1.54) is 10.9 Å². The van der Waals surface area contributed by atoms with E-state index in [0.29, 0.717) is 35.1 Å². The Kier molecular flexibility index (Phi) is 5.27. The van der Waals surface area contributed by atoms with Crippen molar-refractivity contribution in [2.45, 2.75) is 13.1 Å². The molecule has 5 aromatic rings. The smallest absolute Gasteiger partial charge is 0.283 e. The Labute approximate surface area is 187 Å². The van der Waals surface area contributed by atoms with E-state index in [1.54, 1.807) is 37.1 Å². The van der Waals surface area contributed by atoms with Crippen molar-refractivity contribution in [3.63, 3.8) is 0 Å². The van der Waals surface area contributed by atoms with E-state index >= 15 is 0 Å². The molecule has 0 unspecified atom stereocenters. The molecule has 0 N–H and O–H groups in total. The molecule has 11 nitrogen and oxygen atoms in total. The molecule has 0 atom stereocenters. The molecular formula is C22H19N7O4. The number of hydrogen-bond donors (Lipinski definition) is 0. The number of methoxy groups -OCH3 is 2. The summed E-state index contributed by atoms with van der Waals surface area (Å²) in [5.41, 5.74) is 1.96. The number of rotatable bonds is 7. The molecule has 33 heavy (non-hydrogen) atoms. The van der Waals surface area contributed by atoms with Crippen LogP contribution in [-0.4, -0.2) is 48.9 Å². The highest BCUT2D eigenvalue weighted by Crippen LogP contribution is 2.31. The van der Waals surface area contributed by atoms with Crippen LogP contribution in [0.2, 0.25) is 0 Å². The quantitative estimate of drug-likeness (QED) is 0.371. The van der Waals surface area contributed by atoms with Crippen molar-refractivity contribution in [1.82, 2.24) is 34.7 Å². The zero-order valence-electron chi connectivity index (χ0n) is 17.9. The topological polar surface area (TPSA) is 123 Å². The predicted octanol–water partition coefficient (Wildman–Crippen LogP) is 2.15. The van der Waals surface area contributed by atoms with E-state index in [9.17, 15) is 4.79 Å². The zero-order valence-corrected chi connectivity index (χ0v) is 17.9. The molecule has 0 spiro atoms. The summed E-state index contributed by atoms with van der Waals surface area (Å²) in [5, 5.41) is 12.1. The Balaban J connectivity index is 1.40. The average Bonchev–Trinajstić information content (AvgIpc) is 3.49. The summed E-state index contributed by atoms with van der Waals surface area (Å²) >= 11 is 0. The summed E-state index contributed by atoms with van der Waals surface area (Å²) in [6.07, 6.45) is 1.43. The first-order valence-corrected chi connectivity index (χ1v) is 10.0. The van der Waals surface area contributed by atoms with Crippen LogP contribution in [0.5, 0.6) is 11.5 Å². The molecule has 0 amide bonds. The Morgan fingerprint density at radius 3 is 2.61 bits per heavy atom. The van der Waals surface area contributed by atoms with Gasteiger partial charge in [-0.1, -0.05) is 40.7 Å². The van der Waals surface area contributed by atoms with Gasteiger partial charge < -0.3 is 14.0 Å². The minimum Gasteiger partial charge on any atom is -0.493 e. The second-order valence-corrected chi connectivity index (χ2v) is 7.16. The molecule has 0 saturated heterocycles. The monoisotopic (exact) mass is 445 g/mol. The highest BCUT2D eigenvalue weighted by Gasteiger charge is 2.16. The normalized spacial score (nSPS) is 11.1. The molecule has 0 aliphatic carbocycles. The van der Waals surface area contributed by atoms with Crippen LogP contribution in [0.25, 0.3) is 22.6 Å². The summed E-state index contributed by atoms with van der Waals surface area (Å²) < 4.78 is 18.9. The van der Waals surface area contributed by atoms with Gasteiger partial charge in [-0.3, -0.25) is 9.36 Å². The Bertz CT molecular complexity index is 1470. The number of fused-ring (bicyclic) bond motifs is 1. The SMILES string of the molecule is COc1ccc(-c2noc(Cn3cnc4c(nnn4Cc4ccccc4)c3=O)n2)cc1OC. The van der Waals surface area contributed by atoms with Gasteiger partial charge in [0, 0.05) is 5.56 Å². The van der Waals surface area contributed by atoms with Crippen molar-refractivity contribution in [1.29, 1.82) is 0 Å². The third-order valence-corrected chi connectivity index (χ3v) is 5.08. The molecule has 0 aliphatic rings. The second-order valence-electron chi connectivity index (χ2n) is 7.16. The molecule has 0 aliphatic heterocycles. The minimum atomic E-state index is -0.342. The van der Waals surface area contributed by atoms with Crippen LogP contribution in [0.4, 0.5) is 0 Å². The van der Waals surface area contributed by atoms with E-state index in [0.717, 1.165) is 5.56 Å². The van der Waals surface area contributed by atoms with Gasteiger partial charge in [0.15, 0.2) is 22.7 Å². The first-order chi connectivity index (χ1) is 16.2. The first-order valence-electron chi connectivity index (χ1n) is 10.0. The van der Waals surface area contributed by atoms with E-state index < -0.39 is 0 Å². The van der Waals surface area contributed by atoms with Gasteiger partial charge in [-0.25, -0.2) is 9.67 Å². The molecule has 0 fully saturated rings. The van der Waals surface area contributed by atoms with Gasteiger partial charge in [-0.05, 0) is 23.8 Å². The van der Waals surface area contributed by atoms with Crippen LogP contribution in [0.1, 0.15) is 11.5 Å². The minimum absolute atomic E-state index is 0.0492. The van der Waals surface area contributed by atoms with Gasteiger partial charge in [0.05, 0.1) is 20.8 Å². The fraction of sp³-hybridized carbons (Fsp3) is 0.182. The van der Waals surface area contributed by atoms with Gasteiger partial charge in [-0.2, -0.15) is 4.98 Å². The van der Waals surface area contributed by atoms with Crippen LogP contribution < -0.4 is 15.0 Å². The standard InChI is InChI=1S/C22H19N7O4/c1-31-16-9-8-15(10-17(16)32-2)20-24-18(33-26-20)12-28-13-23-21-19(22(28)30)25-27-29(21)11-14-6-4-3-5-7-14/h3-10,13H,11-12H2,1-2H3. The van der Waals surface area contributed by atoms with Gasteiger partial charge in [0.1, 0.15) is 12.9 Å². The van der Waals surface area contributed by atoms with Crippen molar-refractivity contribution < 1.29 is 14.0 Å². The number of hydrogen-bond acceptors (Lipinski definition) is 9. The third kappa shape index (κ3) is 3.91. The molecule has 0 saturated carbocycles. The van der Waals surface area contributed by atoms with Crippen LogP contribution in [0, 0.1) is 0 Å². The number of ether oxygens (including phenoxy) is 2. The van der Waals surface area contributed by atoms with E-state index in [-0.39, 0.29) is 23.5 Å². The van der Waals surface area contributed by atoms with Crippen molar-refractivity contribution in [3.8, 4) is 22.9 Å². The molecule has 5 rings (SSSR count). The third-order valence-electron chi connectivity index (χ3n) is 5.08. The highest BCUT2D eigenvalue weighted by atomic mass is 16.5. The number of aromatic nitrogens is 7. The van der Waals surface area contributed by atoms with Crippen LogP contribution >= 0.6 is 0 Å². The van der Waals surface area contributed by atoms with Gasteiger partial charge in [0.25, 0.3) is 5.56 Å². The molecule has 11 heteroatoms. The molecule has 166 valence electrons. The highest BCUT2D eigenvalue weighted by molar-refractivity contribution is 5.67. The van der Waals surface area contributed by atoms with E-state index in [4.69, 9.17) is 14.0 Å². The summed E-state index contributed by atoms with van der Waals surface area (Å²) in [6.45, 7) is 0.514. The summed E-state index contributed by atoms with van der Waals surface area (Å²) in [5.74, 6) is 1.75. The largest absolute Gasteiger partial charge is 0.493 e. The van der Waals surface area contributed by atoms with Crippen LogP contribution in [0.15, 0.2) is 64.2 Å². The van der Waals surface area contributed by atoms with Crippen molar-refractivity contribution in [2.75, 3.05) is 14.2 Å². The summed E-state index contributed by atoms with van der Waals surface area (Å²) in [6, 6.07) is 15.1. The number of benzene rings is 2. The second kappa shape index (κ2) is 8.54. The summed E-state index contributed by atoms with van der Waals surface area (Å²) in [7, 11) is 3.11. The Morgan fingerprint density at radius 2 is 1.82 bits per heavy atom. The molecule has 0 bridgehead atoms. The Morgan fingerprint density at radius 1 is 1.00 bits per heavy atom. The van der Waals surface area contributed by atoms with Gasteiger partial charge >= 0.3 is 0 Å². The zero-order chi connectivity index (χ0) is 22.8. The number of nitrogens with zero attached hydrogens (tertiary/aromatic N) is 7. The van der Waals surface area contributed by atoms with Gasteiger partial charge in [0.2, 0.25) is 11.7 Å². The predicted molar refractivity (Wildman–Crippen MR) is 117 cm³/mol. The van der Waals surface area contributed by atoms with Gasteiger partial charge in [-0.15, -0.1) is 5.10 Å².